The van der Waals surface area contributed by atoms with Gasteiger partial charge in [0.05, 0.1) is 10.3 Å². The SMILES string of the molecule is CCN1C(=O)C(C#N)=C(C)/C(=C/c2cc3sc(-c4c(F)c(F)c(F)c(F)c4F)cc3o2)C1=O. The van der Waals surface area contributed by atoms with E-state index in [1.807, 2.05) is 0 Å². The first-order valence-corrected chi connectivity index (χ1v) is 10.2. The van der Waals surface area contributed by atoms with E-state index in [0.717, 1.165) is 22.3 Å². The number of nitriles is 1. The molecule has 1 aliphatic rings. The average Bonchev–Trinajstić information content (AvgIpc) is 3.33. The third-order valence-corrected chi connectivity index (χ3v) is 6.19. The van der Waals surface area contributed by atoms with Crippen LogP contribution >= 0.6 is 11.3 Å². The Morgan fingerprint density at radius 1 is 1.03 bits per heavy atom. The van der Waals surface area contributed by atoms with Gasteiger partial charge in [-0.25, -0.2) is 22.0 Å². The second-order valence-corrected chi connectivity index (χ2v) is 8.04. The molecule has 0 spiro atoms. The topological polar surface area (TPSA) is 74.3 Å². The molecule has 33 heavy (non-hydrogen) atoms. The Labute approximate surface area is 186 Å². The Bertz CT molecular complexity index is 1410. The summed E-state index contributed by atoms with van der Waals surface area (Å²) in [7, 11) is 0. The van der Waals surface area contributed by atoms with Gasteiger partial charge in [0.2, 0.25) is 5.82 Å². The molecule has 0 saturated carbocycles. The standard InChI is InChI=1S/C22H11F5N2O3S/c1-3-29-21(30)10(8(2)11(7-28)22(29)31)4-9-5-13-12(32-9)6-14(33-13)15-16(23)18(25)20(27)19(26)17(15)24/h4-6H,3H2,1-2H3/b10-4-. The lowest BCUT2D eigenvalue weighted by molar-refractivity contribution is -0.140. The second-order valence-electron chi connectivity index (χ2n) is 6.96. The van der Waals surface area contributed by atoms with Crippen molar-refractivity contribution >= 4 is 39.5 Å². The predicted molar refractivity (Wildman–Crippen MR) is 108 cm³/mol. The molecule has 0 unspecified atom stereocenters. The summed E-state index contributed by atoms with van der Waals surface area (Å²) >= 11 is 0.724. The summed E-state index contributed by atoms with van der Waals surface area (Å²) in [6.45, 7) is 3.07. The number of rotatable bonds is 3. The van der Waals surface area contributed by atoms with Crippen LogP contribution < -0.4 is 0 Å². The number of benzene rings is 1. The van der Waals surface area contributed by atoms with E-state index < -0.39 is 46.5 Å². The molecule has 3 heterocycles. The maximum absolute atomic E-state index is 14.1. The van der Waals surface area contributed by atoms with E-state index in [0.29, 0.717) is 4.70 Å². The molecule has 0 radical (unpaired) electrons. The fourth-order valence-corrected chi connectivity index (χ4v) is 4.49. The number of nitrogens with zero attached hydrogens (tertiary/aromatic N) is 2. The summed E-state index contributed by atoms with van der Waals surface area (Å²) in [5, 5.41) is 9.28. The molecule has 3 aromatic rings. The number of thiophene rings is 1. The highest BCUT2D eigenvalue weighted by Gasteiger charge is 2.34. The van der Waals surface area contributed by atoms with Gasteiger partial charge in [-0.2, -0.15) is 5.26 Å². The molecule has 1 aliphatic heterocycles. The lowest BCUT2D eigenvalue weighted by Crippen LogP contribution is -2.42. The van der Waals surface area contributed by atoms with Crippen LogP contribution in [0.5, 0.6) is 0 Å². The quantitative estimate of drug-likeness (QED) is 0.165. The second kappa shape index (κ2) is 7.97. The van der Waals surface area contributed by atoms with E-state index in [1.165, 1.54) is 19.1 Å². The van der Waals surface area contributed by atoms with Crippen LogP contribution in [-0.4, -0.2) is 23.3 Å². The molecule has 0 aliphatic carbocycles. The van der Waals surface area contributed by atoms with Crippen molar-refractivity contribution in [3.8, 4) is 16.5 Å². The van der Waals surface area contributed by atoms with Crippen LogP contribution in [0.4, 0.5) is 22.0 Å². The largest absolute Gasteiger partial charge is 0.456 e. The third kappa shape index (κ3) is 3.34. The number of furan rings is 1. The molecule has 0 saturated heterocycles. The number of carbonyl (C=O) groups is 2. The van der Waals surface area contributed by atoms with E-state index in [9.17, 15) is 36.8 Å². The van der Waals surface area contributed by atoms with Crippen LogP contribution in [0, 0.1) is 40.4 Å². The van der Waals surface area contributed by atoms with Gasteiger partial charge in [-0.15, -0.1) is 11.3 Å². The molecule has 2 aromatic heterocycles. The number of hydrogen-bond acceptors (Lipinski definition) is 5. The molecule has 4 rings (SSSR count). The first kappa shape index (κ1) is 22.4. The van der Waals surface area contributed by atoms with Crippen molar-refractivity contribution in [1.29, 1.82) is 5.26 Å². The Morgan fingerprint density at radius 3 is 2.18 bits per heavy atom. The van der Waals surface area contributed by atoms with Crippen LogP contribution in [-0.2, 0) is 9.59 Å². The minimum absolute atomic E-state index is 0.0476. The molecular formula is C22H11F5N2O3S. The molecule has 0 bridgehead atoms. The van der Waals surface area contributed by atoms with Crippen LogP contribution in [0.2, 0.25) is 0 Å². The zero-order valence-electron chi connectivity index (χ0n) is 16.9. The number of hydrogen-bond donors (Lipinski definition) is 0. The van der Waals surface area contributed by atoms with Crippen molar-refractivity contribution in [2.45, 2.75) is 13.8 Å². The Kier molecular flexibility index (Phi) is 5.41. The predicted octanol–water partition coefficient (Wildman–Crippen LogP) is 5.47. The van der Waals surface area contributed by atoms with Crippen molar-refractivity contribution < 1.29 is 36.0 Å². The summed E-state index contributed by atoms with van der Waals surface area (Å²) in [5.41, 5.74) is -0.961. The summed E-state index contributed by atoms with van der Waals surface area (Å²) in [6.07, 6.45) is 1.31. The number of carbonyl (C=O) groups excluding carboxylic acids is 2. The van der Waals surface area contributed by atoms with Crippen LogP contribution in [0.1, 0.15) is 19.6 Å². The van der Waals surface area contributed by atoms with Crippen LogP contribution in [0.3, 0.4) is 0 Å². The number of likely N-dealkylation sites (N-methyl/N-ethyl adjacent to an activating group) is 1. The van der Waals surface area contributed by atoms with Crippen molar-refractivity contribution in [2.24, 2.45) is 0 Å². The summed E-state index contributed by atoms with van der Waals surface area (Å²) < 4.78 is 74.5. The van der Waals surface area contributed by atoms with E-state index in [4.69, 9.17) is 4.42 Å². The van der Waals surface area contributed by atoms with Crippen LogP contribution in [0.25, 0.3) is 26.8 Å². The van der Waals surface area contributed by atoms with Crippen molar-refractivity contribution in [3.05, 3.63) is 63.7 Å². The summed E-state index contributed by atoms with van der Waals surface area (Å²) in [5.74, 6) is -11.5. The normalized spacial score (nSPS) is 15.8. The van der Waals surface area contributed by atoms with Gasteiger partial charge in [-0.05, 0) is 25.5 Å². The van der Waals surface area contributed by atoms with E-state index in [1.54, 1.807) is 13.0 Å². The fraction of sp³-hybridized carbons (Fsp3) is 0.136. The van der Waals surface area contributed by atoms with Crippen LogP contribution in [0.15, 0.2) is 33.3 Å². The highest BCUT2D eigenvalue weighted by atomic mass is 32.1. The molecule has 168 valence electrons. The molecule has 0 atom stereocenters. The maximum atomic E-state index is 14.1. The maximum Gasteiger partial charge on any atom is 0.271 e. The molecule has 0 fully saturated rings. The smallest absolute Gasteiger partial charge is 0.271 e. The number of amides is 2. The molecule has 11 heteroatoms. The van der Waals surface area contributed by atoms with Gasteiger partial charge >= 0.3 is 0 Å². The zero-order valence-corrected chi connectivity index (χ0v) is 17.7. The summed E-state index contributed by atoms with van der Waals surface area (Å²) in [4.78, 5) is 25.6. The van der Waals surface area contributed by atoms with Crippen molar-refractivity contribution in [2.75, 3.05) is 6.54 Å². The van der Waals surface area contributed by atoms with E-state index >= 15 is 0 Å². The highest BCUT2D eigenvalue weighted by Crippen LogP contribution is 2.40. The van der Waals surface area contributed by atoms with Gasteiger partial charge < -0.3 is 4.42 Å². The van der Waals surface area contributed by atoms with Crippen molar-refractivity contribution in [1.82, 2.24) is 4.90 Å². The average molecular weight is 478 g/mol. The lowest BCUT2D eigenvalue weighted by atomic mass is 9.95. The Balaban J connectivity index is 1.80. The van der Waals surface area contributed by atoms with Gasteiger partial charge in [-0.1, -0.05) is 0 Å². The molecule has 0 N–H and O–H groups in total. The Hall–Kier alpha value is -3.78. The molecule has 1 aromatic carbocycles. The van der Waals surface area contributed by atoms with Gasteiger partial charge in [0, 0.05) is 29.1 Å². The molecular weight excluding hydrogens is 467 g/mol. The van der Waals surface area contributed by atoms with E-state index in [-0.39, 0.29) is 39.5 Å². The Morgan fingerprint density at radius 2 is 1.64 bits per heavy atom. The van der Waals surface area contributed by atoms with Gasteiger partial charge in [0.25, 0.3) is 11.8 Å². The summed E-state index contributed by atoms with van der Waals surface area (Å²) in [6, 6.07) is 4.31. The number of halogens is 5. The minimum atomic E-state index is -2.25. The van der Waals surface area contributed by atoms with Crippen molar-refractivity contribution in [3.63, 3.8) is 0 Å². The molecule has 5 nitrogen and oxygen atoms in total. The lowest BCUT2D eigenvalue weighted by Gasteiger charge is -2.25. The van der Waals surface area contributed by atoms with Gasteiger partial charge in [-0.3, -0.25) is 14.5 Å². The van der Waals surface area contributed by atoms with Gasteiger partial charge in [0.15, 0.2) is 23.3 Å². The third-order valence-electron chi connectivity index (χ3n) is 5.11. The van der Waals surface area contributed by atoms with E-state index in [2.05, 4.69) is 0 Å². The van der Waals surface area contributed by atoms with Gasteiger partial charge in [0.1, 0.15) is 23.0 Å². The number of fused-ring (bicyclic) bond motifs is 1. The zero-order chi connectivity index (χ0) is 24.2. The monoisotopic (exact) mass is 478 g/mol. The number of imide groups is 1. The minimum Gasteiger partial charge on any atom is -0.456 e. The fourth-order valence-electron chi connectivity index (χ4n) is 3.43. The first-order chi connectivity index (χ1) is 15.6. The highest BCUT2D eigenvalue weighted by molar-refractivity contribution is 7.22. The first-order valence-electron chi connectivity index (χ1n) is 9.35. The molecule has 2 amide bonds.